The normalized spacial score (nSPS) is 10.0. The van der Waals surface area contributed by atoms with E-state index in [1.807, 2.05) is 19.1 Å². The average molecular weight is 237 g/mol. The number of hydrogen-bond donors (Lipinski definition) is 1. The van der Waals surface area contributed by atoms with Crippen molar-refractivity contribution in [1.82, 2.24) is 0 Å². The maximum Gasteiger partial charge on any atom is 0.323 e. The van der Waals surface area contributed by atoms with Crippen LogP contribution in [-0.4, -0.2) is 37.2 Å². The molecule has 0 aromatic heterocycles. The van der Waals surface area contributed by atoms with Crippen LogP contribution in [0, 0.1) is 6.92 Å². The molecule has 0 fully saturated rings. The number of carbonyl (C=O) groups excluding carboxylic acids is 1. The SMILES string of the molecule is COCC(=O)N(CC(=O)O)c1ccc(C)cc1. The van der Waals surface area contributed by atoms with Crippen molar-refractivity contribution in [3.63, 3.8) is 0 Å². The maximum absolute atomic E-state index is 11.7. The number of amides is 1. The number of carboxylic acids is 1. The van der Waals surface area contributed by atoms with Gasteiger partial charge in [-0.25, -0.2) is 0 Å². The Morgan fingerprint density at radius 1 is 1.29 bits per heavy atom. The molecule has 1 aromatic carbocycles. The summed E-state index contributed by atoms with van der Waals surface area (Å²) in [5, 5.41) is 8.78. The molecule has 1 N–H and O–H groups in total. The fourth-order valence-corrected chi connectivity index (χ4v) is 1.38. The molecule has 1 aromatic rings. The van der Waals surface area contributed by atoms with E-state index in [-0.39, 0.29) is 19.1 Å². The van der Waals surface area contributed by atoms with Crippen LogP contribution in [0.5, 0.6) is 0 Å². The third kappa shape index (κ3) is 3.88. The monoisotopic (exact) mass is 237 g/mol. The van der Waals surface area contributed by atoms with E-state index in [9.17, 15) is 9.59 Å². The van der Waals surface area contributed by atoms with Crippen molar-refractivity contribution < 1.29 is 19.4 Å². The first-order chi connectivity index (χ1) is 8.04. The summed E-state index contributed by atoms with van der Waals surface area (Å²) in [5.41, 5.74) is 1.60. The molecule has 1 amide bonds. The number of methoxy groups -OCH3 is 1. The van der Waals surface area contributed by atoms with Gasteiger partial charge in [0.1, 0.15) is 13.2 Å². The van der Waals surface area contributed by atoms with Gasteiger partial charge < -0.3 is 9.84 Å². The molecular weight excluding hydrogens is 222 g/mol. The number of carboxylic acid groups (broad SMARTS) is 1. The van der Waals surface area contributed by atoms with Crippen LogP contribution in [0.1, 0.15) is 5.56 Å². The minimum Gasteiger partial charge on any atom is -0.480 e. The smallest absolute Gasteiger partial charge is 0.323 e. The van der Waals surface area contributed by atoms with E-state index in [0.29, 0.717) is 5.69 Å². The fourth-order valence-electron chi connectivity index (χ4n) is 1.38. The number of nitrogens with zero attached hydrogens (tertiary/aromatic N) is 1. The second kappa shape index (κ2) is 6.00. The first kappa shape index (κ1) is 13.2. The largest absolute Gasteiger partial charge is 0.480 e. The van der Waals surface area contributed by atoms with Gasteiger partial charge in [-0.2, -0.15) is 0 Å². The molecule has 0 unspecified atom stereocenters. The molecule has 17 heavy (non-hydrogen) atoms. The van der Waals surface area contributed by atoms with Crippen LogP contribution < -0.4 is 4.90 Å². The summed E-state index contributed by atoms with van der Waals surface area (Å²) in [7, 11) is 1.39. The zero-order valence-electron chi connectivity index (χ0n) is 9.84. The number of anilines is 1. The third-order valence-electron chi connectivity index (χ3n) is 2.21. The summed E-state index contributed by atoms with van der Waals surface area (Å²) in [6.45, 7) is 1.41. The van der Waals surface area contributed by atoms with E-state index in [0.717, 1.165) is 5.56 Å². The van der Waals surface area contributed by atoms with Gasteiger partial charge in [0.05, 0.1) is 0 Å². The Kier molecular flexibility index (Phi) is 4.66. The Bertz CT molecular complexity index is 399. The van der Waals surface area contributed by atoms with Crippen LogP contribution in [-0.2, 0) is 14.3 Å². The van der Waals surface area contributed by atoms with Gasteiger partial charge in [-0.05, 0) is 19.1 Å². The number of hydrogen-bond acceptors (Lipinski definition) is 3. The topological polar surface area (TPSA) is 66.8 Å². The van der Waals surface area contributed by atoms with Crippen molar-refractivity contribution in [2.45, 2.75) is 6.92 Å². The Morgan fingerprint density at radius 3 is 2.35 bits per heavy atom. The number of benzene rings is 1. The van der Waals surface area contributed by atoms with Gasteiger partial charge in [0, 0.05) is 12.8 Å². The predicted molar refractivity (Wildman–Crippen MR) is 63.0 cm³/mol. The second-order valence-corrected chi connectivity index (χ2v) is 3.64. The molecule has 0 aliphatic rings. The van der Waals surface area contributed by atoms with Gasteiger partial charge in [0.15, 0.2) is 0 Å². The summed E-state index contributed by atoms with van der Waals surface area (Å²) in [6.07, 6.45) is 0. The lowest BCUT2D eigenvalue weighted by Crippen LogP contribution is -2.37. The number of ether oxygens (including phenoxy) is 1. The zero-order valence-corrected chi connectivity index (χ0v) is 9.84. The van der Waals surface area contributed by atoms with Gasteiger partial charge in [0.2, 0.25) is 0 Å². The molecule has 5 nitrogen and oxygen atoms in total. The first-order valence-electron chi connectivity index (χ1n) is 5.12. The molecule has 5 heteroatoms. The molecule has 0 aliphatic heterocycles. The average Bonchev–Trinajstić information content (AvgIpc) is 2.27. The van der Waals surface area contributed by atoms with E-state index < -0.39 is 5.97 Å². The molecule has 1 rings (SSSR count). The van der Waals surface area contributed by atoms with E-state index in [1.165, 1.54) is 12.0 Å². The number of rotatable bonds is 5. The molecule has 0 spiro atoms. The molecule has 0 aliphatic carbocycles. The van der Waals surface area contributed by atoms with Crippen molar-refractivity contribution in [2.75, 3.05) is 25.2 Å². The molecule has 0 saturated carbocycles. The lowest BCUT2D eigenvalue weighted by Gasteiger charge is -2.20. The van der Waals surface area contributed by atoms with Crippen molar-refractivity contribution in [2.24, 2.45) is 0 Å². The molecule has 0 heterocycles. The highest BCUT2D eigenvalue weighted by atomic mass is 16.5. The Labute approximate surface area is 99.6 Å². The zero-order chi connectivity index (χ0) is 12.8. The number of aryl methyl sites for hydroxylation is 1. The minimum atomic E-state index is -1.06. The Balaban J connectivity index is 2.92. The highest BCUT2D eigenvalue weighted by Crippen LogP contribution is 2.15. The van der Waals surface area contributed by atoms with E-state index in [2.05, 4.69) is 0 Å². The number of aliphatic carboxylic acids is 1. The lowest BCUT2D eigenvalue weighted by atomic mass is 10.2. The van der Waals surface area contributed by atoms with Crippen molar-refractivity contribution in [3.8, 4) is 0 Å². The van der Waals surface area contributed by atoms with Crippen LogP contribution >= 0.6 is 0 Å². The molecular formula is C12H15NO4. The maximum atomic E-state index is 11.7. The second-order valence-electron chi connectivity index (χ2n) is 3.64. The van der Waals surface area contributed by atoms with Crippen LogP contribution in [0.25, 0.3) is 0 Å². The highest BCUT2D eigenvalue weighted by molar-refractivity contribution is 5.98. The molecule has 0 atom stereocenters. The summed E-state index contributed by atoms with van der Waals surface area (Å²) in [4.78, 5) is 23.6. The summed E-state index contributed by atoms with van der Waals surface area (Å²) < 4.78 is 4.73. The van der Waals surface area contributed by atoms with Gasteiger partial charge in [-0.1, -0.05) is 17.7 Å². The Morgan fingerprint density at radius 2 is 1.88 bits per heavy atom. The molecule has 0 saturated heterocycles. The van der Waals surface area contributed by atoms with Crippen molar-refractivity contribution >= 4 is 17.6 Å². The first-order valence-corrected chi connectivity index (χ1v) is 5.12. The van der Waals surface area contributed by atoms with E-state index in [1.54, 1.807) is 12.1 Å². The van der Waals surface area contributed by atoms with Crippen LogP contribution in [0.3, 0.4) is 0 Å². The van der Waals surface area contributed by atoms with Crippen molar-refractivity contribution in [1.29, 1.82) is 0 Å². The number of carbonyl (C=O) groups is 2. The molecule has 92 valence electrons. The van der Waals surface area contributed by atoms with Gasteiger partial charge in [-0.3, -0.25) is 14.5 Å². The highest BCUT2D eigenvalue weighted by Gasteiger charge is 2.18. The van der Waals surface area contributed by atoms with Crippen LogP contribution in [0.4, 0.5) is 5.69 Å². The molecule has 0 bridgehead atoms. The van der Waals surface area contributed by atoms with E-state index >= 15 is 0 Å². The van der Waals surface area contributed by atoms with Gasteiger partial charge in [0.25, 0.3) is 5.91 Å². The van der Waals surface area contributed by atoms with Gasteiger partial charge >= 0.3 is 5.97 Å². The summed E-state index contributed by atoms with van der Waals surface area (Å²) in [6, 6.07) is 7.08. The summed E-state index contributed by atoms with van der Waals surface area (Å²) in [5.74, 6) is -1.44. The standard InChI is InChI=1S/C12H15NO4/c1-9-3-5-10(6-4-9)13(7-12(15)16)11(14)8-17-2/h3-6H,7-8H2,1-2H3,(H,15,16). The lowest BCUT2D eigenvalue weighted by molar-refractivity contribution is -0.137. The third-order valence-corrected chi connectivity index (χ3v) is 2.21. The Hall–Kier alpha value is -1.88. The minimum absolute atomic E-state index is 0.138. The molecule has 0 radical (unpaired) electrons. The van der Waals surface area contributed by atoms with Crippen molar-refractivity contribution in [3.05, 3.63) is 29.8 Å². The summed E-state index contributed by atoms with van der Waals surface area (Å²) >= 11 is 0. The van der Waals surface area contributed by atoms with Crippen LogP contribution in [0.15, 0.2) is 24.3 Å². The fraction of sp³-hybridized carbons (Fsp3) is 0.333. The predicted octanol–water partition coefficient (Wildman–Crippen LogP) is 1.06. The van der Waals surface area contributed by atoms with Gasteiger partial charge in [-0.15, -0.1) is 0 Å². The van der Waals surface area contributed by atoms with E-state index in [4.69, 9.17) is 9.84 Å². The van der Waals surface area contributed by atoms with Crippen LogP contribution in [0.2, 0.25) is 0 Å². The quantitative estimate of drug-likeness (QED) is 0.831.